The number of imide groups is 1. The Balaban J connectivity index is 0.786. The lowest BCUT2D eigenvalue weighted by Gasteiger charge is -2.40. The number of H-pyrrole nitrogens is 1. The highest BCUT2D eigenvalue weighted by Crippen LogP contribution is 2.33. The molecule has 0 spiro atoms. The van der Waals surface area contributed by atoms with Crippen LogP contribution in [0.5, 0.6) is 5.75 Å². The molecule has 4 aromatic rings. The predicted molar refractivity (Wildman–Crippen MR) is 208 cm³/mol. The Hall–Kier alpha value is -5.12. The number of aromatic amines is 1. The average molecular weight is 751 g/mol. The molecule has 0 aliphatic carbocycles. The van der Waals surface area contributed by atoms with E-state index < -0.39 is 24.1 Å². The van der Waals surface area contributed by atoms with Crippen molar-refractivity contribution in [2.24, 2.45) is 0 Å². The number of nitrogens with one attached hydrogen (secondary N) is 2. The van der Waals surface area contributed by atoms with E-state index in [9.17, 15) is 19.5 Å². The zero-order valence-electron chi connectivity index (χ0n) is 31.8. The molecule has 15 heteroatoms. The van der Waals surface area contributed by atoms with Gasteiger partial charge < -0.3 is 25.0 Å². The Morgan fingerprint density at radius 3 is 2.45 bits per heavy atom. The van der Waals surface area contributed by atoms with Gasteiger partial charge in [0.2, 0.25) is 5.91 Å². The van der Waals surface area contributed by atoms with E-state index >= 15 is 0 Å². The van der Waals surface area contributed by atoms with Gasteiger partial charge in [0.25, 0.3) is 11.8 Å². The lowest BCUT2D eigenvalue weighted by atomic mass is 10.0. The number of aliphatic hydroxyl groups is 1. The van der Waals surface area contributed by atoms with Crippen LogP contribution in [0.2, 0.25) is 0 Å². The van der Waals surface area contributed by atoms with Crippen molar-refractivity contribution in [3.05, 3.63) is 59.9 Å². The van der Waals surface area contributed by atoms with Gasteiger partial charge in [-0.1, -0.05) is 0 Å². The fourth-order valence-electron chi connectivity index (χ4n) is 8.38. The topological polar surface area (TPSA) is 163 Å². The summed E-state index contributed by atoms with van der Waals surface area (Å²) in [7, 11) is 0. The summed E-state index contributed by atoms with van der Waals surface area (Å²) in [5.41, 5.74) is 4.15. The highest BCUT2D eigenvalue weighted by molar-refractivity contribution is 6.22. The molecule has 2 aromatic heterocycles. The number of piperazine rings is 2. The minimum atomic E-state index is -1.26. The number of aliphatic hydroxyl groups excluding tert-OH is 1. The highest BCUT2D eigenvalue weighted by atomic mass is 16.5. The van der Waals surface area contributed by atoms with Crippen molar-refractivity contribution in [3.63, 3.8) is 0 Å². The van der Waals surface area contributed by atoms with Crippen LogP contribution >= 0.6 is 0 Å². The number of unbranched alkanes of at least 4 members (excludes halogenated alkanes) is 1. The van der Waals surface area contributed by atoms with Gasteiger partial charge in [-0.15, -0.1) is 0 Å². The van der Waals surface area contributed by atoms with Crippen molar-refractivity contribution in [1.82, 2.24) is 40.2 Å². The maximum absolute atomic E-state index is 13.3. The van der Waals surface area contributed by atoms with Crippen LogP contribution in [-0.2, 0) is 4.79 Å². The third-order valence-electron chi connectivity index (χ3n) is 11.4. The van der Waals surface area contributed by atoms with Gasteiger partial charge in [-0.25, -0.2) is 9.97 Å². The SMILES string of the molecule is CC(C)Oc1ccc2[nH]nc(-c3cc(N4CCN(CCCCN5CCN(c6ccc7c(c6)C(=O)N(C6CCC(=O)NC6O)C7=O)CC5)[C@@H](C)C4)ncn3)c2c1. The Kier molecular flexibility index (Phi) is 10.4. The highest BCUT2D eigenvalue weighted by Gasteiger charge is 2.44. The molecular formula is C40H50N10O5. The molecule has 4 aliphatic rings. The number of hydrogen-bond acceptors (Lipinski definition) is 12. The van der Waals surface area contributed by atoms with Crippen molar-refractivity contribution < 1.29 is 24.2 Å². The second-order valence-corrected chi connectivity index (χ2v) is 15.4. The van der Waals surface area contributed by atoms with E-state index in [1.54, 1.807) is 12.4 Å². The summed E-state index contributed by atoms with van der Waals surface area (Å²) in [4.78, 5) is 58.2. The lowest BCUT2D eigenvalue weighted by molar-refractivity contribution is -0.129. The molecule has 55 heavy (non-hydrogen) atoms. The van der Waals surface area contributed by atoms with Crippen LogP contribution in [-0.4, -0.2) is 141 Å². The van der Waals surface area contributed by atoms with Crippen molar-refractivity contribution in [2.45, 2.75) is 70.9 Å². The number of carbonyl (C=O) groups is 3. The van der Waals surface area contributed by atoms with Gasteiger partial charge in [-0.2, -0.15) is 5.10 Å². The summed E-state index contributed by atoms with van der Waals surface area (Å²) in [6.45, 7) is 14.8. The van der Waals surface area contributed by atoms with E-state index in [-0.39, 0.29) is 24.9 Å². The number of amides is 3. The van der Waals surface area contributed by atoms with Gasteiger partial charge in [0, 0.05) is 75.4 Å². The van der Waals surface area contributed by atoms with Crippen LogP contribution in [0.4, 0.5) is 11.5 Å². The number of anilines is 2. The molecule has 3 fully saturated rings. The van der Waals surface area contributed by atoms with Gasteiger partial charge in [-0.3, -0.25) is 34.2 Å². The molecule has 4 aliphatic heterocycles. The van der Waals surface area contributed by atoms with Crippen LogP contribution < -0.4 is 19.9 Å². The molecule has 3 amide bonds. The number of benzene rings is 2. The first-order valence-corrected chi connectivity index (χ1v) is 19.6. The van der Waals surface area contributed by atoms with Crippen LogP contribution in [0.15, 0.2) is 48.8 Å². The third kappa shape index (κ3) is 7.60. The summed E-state index contributed by atoms with van der Waals surface area (Å²) >= 11 is 0. The number of ether oxygens (including phenoxy) is 1. The van der Waals surface area contributed by atoms with Crippen LogP contribution in [0, 0.1) is 0 Å². The molecule has 0 saturated carbocycles. The first-order chi connectivity index (χ1) is 26.6. The van der Waals surface area contributed by atoms with Gasteiger partial charge in [-0.05, 0) is 89.5 Å². The molecule has 3 N–H and O–H groups in total. The van der Waals surface area contributed by atoms with Crippen LogP contribution in [0.3, 0.4) is 0 Å². The number of fused-ring (bicyclic) bond motifs is 2. The van der Waals surface area contributed by atoms with E-state index in [0.29, 0.717) is 17.2 Å². The smallest absolute Gasteiger partial charge is 0.262 e. The zero-order chi connectivity index (χ0) is 38.2. The fraction of sp³-hybridized carbons (Fsp3) is 0.500. The Bertz CT molecular complexity index is 2060. The average Bonchev–Trinajstić information content (AvgIpc) is 3.71. The molecule has 290 valence electrons. The summed E-state index contributed by atoms with van der Waals surface area (Å²) in [6.07, 6.45) is 3.13. The first kappa shape index (κ1) is 36.8. The molecular weight excluding hydrogens is 701 g/mol. The van der Waals surface area contributed by atoms with Gasteiger partial charge >= 0.3 is 0 Å². The third-order valence-corrected chi connectivity index (χ3v) is 11.4. The molecule has 0 bridgehead atoms. The monoisotopic (exact) mass is 750 g/mol. The Morgan fingerprint density at radius 1 is 0.891 bits per heavy atom. The maximum atomic E-state index is 13.3. The van der Waals surface area contributed by atoms with Crippen molar-refractivity contribution in [2.75, 3.05) is 68.7 Å². The number of piperidine rings is 1. The molecule has 2 aromatic carbocycles. The molecule has 3 saturated heterocycles. The van der Waals surface area contributed by atoms with Gasteiger partial charge in [0.05, 0.1) is 34.5 Å². The summed E-state index contributed by atoms with van der Waals surface area (Å²) in [5.74, 6) is 0.612. The number of hydrogen-bond donors (Lipinski definition) is 3. The van der Waals surface area contributed by atoms with Crippen LogP contribution in [0.1, 0.15) is 67.2 Å². The second kappa shape index (κ2) is 15.6. The second-order valence-electron chi connectivity index (χ2n) is 15.4. The molecule has 6 heterocycles. The van der Waals surface area contributed by atoms with E-state index in [4.69, 9.17) is 4.74 Å². The molecule has 15 nitrogen and oxygen atoms in total. The normalized spacial score (nSPS) is 22.5. The predicted octanol–water partition coefficient (Wildman–Crippen LogP) is 3.11. The summed E-state index contributed by atoms with van der Waals surface area (Å²) in [6, 6.07) is 13.1. The standard InChI is InChI=1S/C40H50N10O5/c1-25(2)55-28-7-9-32-31(21-28)37(45-44-32)33-22-35(42-24-41-33)49-19-18-47(26(3)23-49)13-5-4-12-46-14-16-48(17-15-46)27-6-8-29-30(20-27)40(54)50(39(29)53)34-10-11-36(51)43-38(34)52/h6-9,20-22,24-26,34,38,52H,4-5,10-19,23H2,1-3H3,(H,43,51)(H,44,45)/t26-,34?,38?/m0/s1. The number of nitrogens with zero attached hydrogens (tertiary/aromatic N) is 8. The molecule has 0 radical (unpaired) electrons. The minimum Gasteiger partial charge on any atom is -0.491 e. The molecule has 3 atom stereocenters. The van der Waals surface area contributed by atoms with Gasteiger partial charge in [0.15, 0.2) is 0 Å². The zero-order valence-corrected chi connectivity index (χ0v) is 31.8. The van der Waals surface area contributed by atoms with Crippen molar-refractivity contribution >= 4 is 40.1 Å². The Labute approximate surface area is 320 Å². The lowest BCUT2D eigenvalue weighted by Crippen LogP contribution is -2.57. The fourth-order valence-corrected chi connectivity index (χ4v) is 8.38. The van der Waals surface area contributed by atoms with E-state index in [1.165, 1.54) is 0 Å². The first-order valence-electron chi connectivity index (χ1n) is 19.6. The van der Waals surface area contributed by atoms with E-state index in [1.807, 2.05) is 50.2 Å². The van der Waals surface area contributed by atoms with Crippen LogP contribution in [0.25, 0.3) is 22.3 Å². The molecule has 8 rings (SSSR count). The largest absolute Gasteiger partial charge is 0.491 e. The van der Waals surface area contributed by atoms with Crippen molar-refractivity contribution in [1.29, 1.82) is 0 Å². The number of rotatable bonds is 11. The Morgan fingerprint density at radius 2 is 1.67 bits per heavy atom. The van der Waals surface area contributed by atoms with E-state index in [0.717, 1.165) is 116 Å². The molecule has 2 unspecified atom stereocenters. The van der Waals surface area contributed by atoms with E-state index in [2.05, 4.69) is 52.0 Å². The number of carbonyl (C=O) groups excluding carboxylic acids is 3. The van der Waals surface area contributed by atoms with Crippen molar-refractivity contribution in [3.8, 4) is 17.1 Å². The van der Waals surface area contributed by atoms with Gasteiger partial charge in [0.1, 0.15) is 29.8 Å². The quantitative estimate of drug-likeness (QED) is 0.152. The summed E-state index contributed by atoms with van der Waals surface area (Å²) in [5, 5.41) is 21.5. The number of aromatic nitrogens is 4. The summed E-state index contributed by atoms with van der Waals surface area (Å²) < 4.78 is 5.92. The minimum absolute atomic E-state index is 0.0855. The maximum Gasteiger partial charge on any atom is 0.262 e.